The van der Waals surface area contributed by atoms with Gasteiger partial charge in [0.1, 0.15) is 10.0 Å². The highest BCUT2D eigenvalue weighted by Crippen LogP contribution is 2.37. The van der Waals surface area contributed by atoms with Crippen molar-refractivity contribution >= 4 is 46.0 Å². The van der Waals surface area contributed by atoms with E-state index in [0.717, 1.165) is 24.9 Å². The van der Waals surface area contributed by atoms with Gasteiger partial charge < -0.3 is 4.74 Å². The molecule has 36 heavy (non-hydrogen) atoms. The van der Waals surface area contributed by atoms with Crippen LogP contribution in [-0.2, 0) is 4.79 Å². The lowest BCUT2D eigenvalue weighted by Crippen LogP contribution is -2.28. The number of nitro groups is 1. The van der Waals surface area contributed by atoms with Gasteiger partial charge in [-0.05, 0) is 43.7 Å². The van der Waals surface area contributed by atoms with Gasteiger partial charge in [0.15, 0.2) is 5.75 Å². The first kappa shape index (κ1) is 25.6. The highest BCUT2D eigenvalue weighted by molar-refractivity contribution is 8.26. The molecule has 186 valence electrons. The van der Waals surface area contributed by atoms with Crippen molar-refractivity contribution in [3.05, 3.63) is 75.3 Å². The fourth-order valence-electron chi connectivity index (χ4n) is 3.87. The van der Waals surface area contributed by atoms with Gasteiger partial charge in [0.2, 0.25) is 0 Å². The Kier molecular flexibility index (Phi) is 8.17. The van der Waals surface area contributed by atoms with Crippen LogP contribution >= 0.6 is 24.0 Å². The van der Waals surface area contributed by atoms with E-state index in [1.807, 2.05) is 36.5 Å². The number of ether oxygens (including phenoxy) is 1. The zero-order valence-corrected chi connectivity index (χ0v) is 21.7. The summed E-state index contributed by atoms with van der Waals surface area (Å²) in [7, 11) is 0. The Balaban J connectivity index is 1.78. The molecule has 0 spiro atoms. The van der Waals surface area contributed by atoms with Crippen LogP contribution in [-0.4, -0.2) is 43.0 Å². The predicted octanol–water partition coefficient (Wildman–Crippen LogP) is 6.24. The molecule has 1 aliphatic heterocycles. The maximum absolute atomic E-state index is 13.1. The molecular weight excluding hydrogens is 496 g/mol. The summed E-state index contributed by atoms with van der Waals surface area (Å²) in [5.41, 5.74) is 2.40. The molecule has 1 fully saturated rings. The first-order valence-corrected chi connectivity index (χ1v) is 13.0. The van der Waals surface area contributed by atoms with Crippen molar-refractivity contribution in [1.29, 1.82) is 0 Å². The number of amides is 1. The summed E-state index contributed by atoms with van der Waals surface area (Å²) < 4.78 is 7.67. The van der Waals surface area contributed by atoms with Crippen LogP contribution in [0.25, 0.3) is 23.0 Å². The Morgan fingerprint density at radius 2 is 1.94 bits per heavy atom. The number of benzene rings is 2. The number of para-hydroxylation sites is 1. The molecule has 2 heterocycles. The molecule has 0 saturated carbocycles. The van der Waals surface area contributed by atoms with Crippen LogP contribution in [0.2, 0.25) is 0 Å². The van der Waals surface area contributed by atoms with Crippen LogP contribution < -0.4 is 4.74 Å². The van der Waals surface area contributed by atoms with E-state index in [4.69, 9.17) is 22.1 Å². The van der Waals surface area contributed by atoms with E-state index in [1.165, 1.54) is 17.8 Å². The molecule has 0 radical (unpaired) electrons. The molecule has 0 N–H and O–H groups in total. The van der Waals surface area contributed by atoms with E-state index in [-0.39, 0.29) is 17.3 Å². The number of carbonyl (C=O) groups excluding carboxylic acids is 1. The fourth-order valence-corrected chi connectivity index (χ4v) is 5.17. The number of hydrogen-bond acceptors (Lipinski definition) is 7. The fraction of sp³-hybridized carbons (Fsp3) is 0.269. The van der Waals surface area contributed by atoms with Crippen LogP contribution in [0.4, 0.5) is 5.69 Å². The third-order valence-electron chi connectivity index (χ3n) is 5.64. The van der Waals surface area contributed by atoms with Crippen molar-refractivity contribution in [3.63, 3.8) is 0 Å². The molecule has 8 nitrogen and oxygen atoms in total. The summed E-state index contributed by atoms with van der Waals surface area (Å²) in [6.45, 7) is 4.79. The average molecular weight is 523 g/mol. The van der Waals surface area contributed by atoms with E-state index in [2.05, 4.69) is 6.92 Å². The first-order chi connectivity index (χ1) is 17.4. The summed E-state index contributed by atoms with van der Waals surface area (Å²) in [5.74, 6) is 0.0698. The maximum atomic E-state index is 13.1. The molecule has 0 unspecified atom stereocenters. The Hall–Kier alpha value is -3.50. The van der Waals surface area contributed by atoms with Crippen LogP contribution in [0.1, 0.15) is 38.7 Å². The molecule has 0 atom stereocenters. The van der Waals surface area contributed by atoms with Crippen LogP contribution in [0.15, 0.2) is 59.6 Å². The van der Waals surface area contributed by atoms with E-state index in [9.17, 15) is 14.9 Å². The molecule has 1 amide bonds. The van der Waals surface area contributed by atoms with Crippen LogP contribution in [0, 0.1) is 10.1 Å². The van der Waals surface area contributed by atoms with Gasteiger partial charge in [0.25, 0.3) is 5.91 Å². The Morgan fingerprint density at radius 1 is 1.17 bits per heavy atom. The van der Waals surface area contributed by atoms with Gasteiger partial charge in [-0.3, -0.25) is 19.8 Å². The number of thiocarbonyl (C=S) groups is 1. The minimum absolute atomic E-state index is 0.128. The van der Waals surface area contributed by atoms with Gasteiger partial charge >= 0.3 is 5.69 Å². The molecule has 0 bridgehead atoms. The predicted molar refractivity (Wildman–Crippen MR) is 146 cm³/mol. The van der Waals surface area contributed by atoms with Crippen molar-refractivity contribution < 1.29 is 14.5 Å². The first-order valence-electron chi connectivity index (χ1n) is 11.7. The molecule has 1 saturated heterocycles. The normalized spacial score (nSPS) is 14.6. The summed E-state index contributed by atoms with van der Waals surface area (Å²) in [4.78, 5) is 26.5. The highest BCUT2D eigenvalue weighted by atomic mass is 32.2. The lowest BCUT2D eigenvalue weighted by Gasteiger charge is -2.13. The van der Waals surface area contributed by atoms with Crippen molar-refractivity contribution in [2.75, 3.05) is 13.2 Å². The third kappa shape index (κ3) is 5.50. The van der Waals surface area contributed by atoms with Gasteiger partial charge in [0.05, 0.1) is 22.1 Å². The van der Waals surface area contributed by atoms with Crippen molar-refractivity contribution in [2.45, 2.75) is 33.1 Å². The molecule has 0 aliphatic carbocycles. The molecule has 1 aromatic heterocycles. The van der Waals surface area contributed by atoms with E-state index >= 15 is 0 Å². The molecule has 10 heteroatoms. The van der Waals surface area contributed by atoms with Crippen LogP contribution in [0.3, 0.4) is 0 Å². The SMILES string of the molecule is CCCCCN1C(=O)/C(=C\c2cn(-c3ccccc3)nc2-c2ccc(OCC)c([N+](=O)[O-])c2)SC1=S. The molecule has 1 aliphatic rings. The highest BCUT2D eigenvalue weighted by Gasteiger charge is 2.32. The summed E-state index contributed by atoms with van der Waals surface area (Å²) in [5, 5.41) is 16.4. The van der Waals surface area contributed by atoms with E-state index in [1.54, 1.807) is 34.7 Å². The quantitative estimate of drug-likeness (QED) is 0.102. The smallest absolute Gasteiger partial charge is 0.311 e. The Labute approximate surface area is 219 Å². The monoisotopic (exact) mass is 522 g/mol. The minimum atomic E-state index is -0.468. The number of thioether (sulfide) groups is 1. The lowest BCUT2D eigenvalue weighted by atomic mass is 10.1. The van der Waals surface area contributed by atoms with Gasteiger partial charge in [-0.2, -0.15) is 5.10 Å². The number of unbranched alkanes of at least 4 members (excludes halogenated alkanes) is 2. The second kappa shape index (κ2) is 11.5. The number of aromatic nitrogens is 2. The van der Waals surface area contributed by atoms with E-state index < -0.39 is 4.92 Å². The summed E-state index contributed by atoms with van der Waals surface area (Å²) >= 11 is 6.74. The number of nitrogens with zero attached hydrogens (tertiary/aromatic N) is 4. The average Bonchev–Trinajstić information content (AvgIpc) is 3.41. The van der Waals surface area contributed by atoms with E-state index in [0.29, 0.717) is 39.2 Å². The summed E-state index contributed by atoms with van der Waals surface area (Å²) in [6, 6.07) is 14.3. The minimum Gasteiger partial charge on any atom is -0.487 e. The summed E-state index contributed by atoms with van der Waals surface area (Å²) in [6.07, 6.45) is 6.56. The zero-order valence-electron chi connectivity index (χ0n) is 20.0. The number of rotatable bonds is 10. The molecule has 2 aromatic carbocycles. The zero-order chi connectivity index (χ0) is 25.7. The molecule has 3 aromatic rings. The van der Waals surface area contributed by atoms with Crippen molar-refractivity contribution in [2.24, 2.45) is 0 Å². The Morgan fingerprint density at radius 3 is 2.64 bits per heavy atom. The van der Waals surface area contributed by atoms with Crippen molar-refractivity contribution in [1.82, 2.24) is 14.7 Å². The molecular formula is C26H26N4O4S2. The second-order valence-electron chi connectivity index (χ2n) is 8.13. The number of hydrogen-bond donors (Lipinski definition) is 0. The third-order valence-corrected chi connectivity index (χ3v) is 7.02. The number of carbonyl (C=O) groups is 1. The topological polar surface area (TPSA) is 90.5 Å². The van der Waals surface area contributed by atoms with Gasteiger partial charge in [-0.15, -0.1) is 0 Å². The largest absolute Gasteiger partial charge is 0.487 e. The van der Waals surface area contributed by atoms with Crippen molar-refractivity contribution in [3.8, 4) is 22.7 Å². The van der Waals surface area contributed by atoms with Crippen LogP contribution in [0.5, 0.6) is 5.75 Å². The number of nitro benzene ring substituents is 1. The van der Waals surface area contributed by atoms with Gasteiger partial charge in [-0.1, -0.05) is 61.9 Å². The van der Waals surface area contributed by atoms with Gasteiger partial charge in [-0.25, -0.2) is 4.68 Å². The maximum Gasteiger partial charge on any atom is 0.311 e. The van der Waals surface area contributed by atoms with Gasteiger partial charge in [0, 0.05) is 29.9 Å². The lowest BCUT2D eigenvalue weighted by molar-refractivity contribution is -0.385. The second-order valence-corrected chi connectivity index (χ2v) is 9.80. The standard InChI is InChI=1S/C26H26N4O4S2/c1-3-5-9-14-28-25(31)23(36-26(28)35)16-19-17-29(20-10-7-6-8-11-20)27-24(19)18-12-13-22(34-4-2)21(15-18)30(32)33/h6-8,10-13,15-17H,3-5,9,14H2,1-2H3/b23-16+. The Bertz CT molecular complexity index is 1320. The molecule has 4 rings (SSSR count).